The molecule has 1 amide bonds. The number of nitrogens with zero attached hydrogens (tertiary/aromatic N) is 2. The van der Waals surface area contributed by atoms with Gasteiger partial charge in [-0.25, -0.2) is 0 Å². The molecule has 0 aromatic heterocycles. The SMILES string of the molecule is CN(C)Cc1ccc2c(c1)CCC2NC(=O)CC(N=S(=O)=O)c1ccccc1. The van der Waals surface area contributed by atoms with Crippen LogP contribution >= 0.6 is 0 Å². The number of fused-ring (bicyclic) bond motifs is 1. The second-order valence-electron chi connectivity index (χ2n) is 7.38. The second-order valence-corrected chi connectivity index (χ2v) is 8.03. The van der Waals surface area contributed by atoms with Gasteiger partial charge in [0.25, 0.3) is 0 Å². The summed E-state index contributed by atoms with van der Waals surface area (Å²) in [5, 5.41) is 3.06. The first-order valence-electron chi connectivity index (χ1n) is 9.33. The van der Waals surface area contributed by atoms with Crippen molar-refractivity contribution in [2.45, 2.75) is 37.9 Å². The molecule has 2 aromatic carbocycles. The van der Waals surface area contributed by atoms with Crippen LogP contribution in [0.4, 0.5) is 0 Å². The number of nitrogens with one attached hydrogen (secondary N) is 1. The van der Waals surface area contributed by atoms with Crippen molar-refractivity contribution in [1.29, 1.82) is 0 Å². The molecule has 0 fully saturated rings. The first kappa shape index (κ1) is 20.2. The summed E-state index contributed by atoms with van der Waals surface area (Å²) in [6.07, 6.45) is 1.79. The van der Waals surface area contributed by atoms with Crippen molar-refractivity contribution in [2.75, 3.05) is 14.1 Å². The lowest BCUT2D eigenvalue weighted by Gasteiger charge is -2.17. The zero-order chi connectivity index (χ0) is 20.1. The van der Waals surface area contributed by atoms with E-state index in [0.29, 0.717) is 5.56 Å². The first-order valence-corrected chi connectivity index (χ1v) is 10.4. The Balaban J connectivity index is 1.69. The summed E-state index contributed by atoms with van der Waals surface area (Å²) in [7, 11) is 1.51. The highest BCUT2D eigenvalue weighted by Crippen LogP contribution is 2.32. The van der Waals surface area contributed by atoms with E-state index in [-0.39, 0.29) is 18.4 Å². The normalized spacial score (nSPS) is 16.5. The van der Waals surface area contributed by atoms with Gasteiger partial charge in [0.15, 0.2) is 0 Å². The van der Waals surface area contributed by atoms with Gasteiger partial charge in [0.05, 0.1) is 12.5 Å². The molecule has 1 aliphatic carbocycles. The number of hydrogen-bond donors (Lipinski definition) is 1. The third-order valence-electron chi connectivity index (χ3n) is 4.90. The van der Waals surface area contributed by atoms with Crippen molar-refractivity contribution in [3.8, 4) is 0 Å². The highest BCUT2D eigenvalue weighted by atomic mass is 32.2. The summed E-state index contributed by atoms with van der Waals surface area (Å²) in [6, 6.07) is 14.7. The quantitative estimate of drug-likeness (QED) is 0.776. The van der Waals surface area contributed by atoms with Crippen molar-refractivity contribution >= 4 is 16.4 Å². The Morgan fingerprint density at radius 2 is 1.96 bits per heavy atom. The Kier molecular flexibility index (Phi) is 6.59. The van der Waals surface area contributed by atoms with Crippen LogP contribution in [0.25, 0.3) is 0 Å². The van der Waals surface area contributed by atoms with Crippen LogP contribution in [0.15, 0.2) is 52.9 Å². The zero-order valence-corrected chi connectivity index (χ0v) is 16.9. The molecular formula is C21H25N3O3S. The maximum absolute atomic E-state index is 12.6. The summed E-state index contributed by atoms with van der Waals surface area (Å²) >= 11 is 0. The van der Waals surface area contributed by atoms with Crippen LogP contribution in [-0.2, 0) is 28.3 Å². The molecule has 2 aromatic rings. The van der Waals surface area contributed by atoms with Gasteiger partial charge in [-0.1, -0.05) is 48.5 Å². The van der Waals surface area contributed by atoms with Crippen LogP contribution in [0.1, 0.15) is 47.2 Å². The molecule has 0 saturated heterocycles. The van der Waals surface area contributed by atoms with Crippen molar-refractivity contribution in [1.82, 2.24) is 10.2 Å². The molecule has 7 heteroatoms. The molecule has 0 spiro atoms. The van der Waals surface area contributed by atoms with Gasteiger partial charge in [-0.15, -0.1) is 0 Å². The van der Waals surface area contributed by atoms with Crippen LogP contribution in [0.5, 0.6) is 0 Å². The van der Waals surface area contributed by atoms with Gasteiger partial charge < -0.3 is 10.2 Å². The third-order valence-corrected chi connectivity index (χ3v) is 5.32. The predicted octanol–water partition coefficient (Wildman–Crippen LogP) is 3.05. The predicted molar refractivity (Wildman–Crippen MR) is 108 cm³/mol. The van der Waals surface area contributed by atoms with E-state index in [1.54, 1.807) is 12.1 Å². The van der Waals surface area contributed by atoms with E-state index < -0.39 is 16.5 Å². The number of carbonyl (C=O) groups excluding carboxylic acids is 1. The monoisotopic (exact) mass is 399 g/mol. The van der Waals surface area contributed by atoms with E-state index in [1.807, 2.05) is 32.3 Å². The smallest absolute Gasteiger partial charge is 0.311 e. The molecule has 28 heavy (non-hydrogen) atoms. The molecule has 2 atom stereocenters. The van der Waals surface area contributed by atoms with E-state index in [1.165, 1.54) is 11.1 Å². The molecule has 2 unspecified atom stereocenters. The Morgan fingerprint density at radius 3 is 2.64 bits per heavy atom. The van der Waals surface area contributed by atoms with Gasteiger partial charge >= 0.3 is 10.5 Å². The molecule has 0 heterocycles. The molecule has 6 nitrogen and oxygen atoms in total. The Labute approximate surface area is 167 Å². The number of carbonyl (C=O) groups is 1. The number of rotatable bonds is 7. The molecule has 148 valence electrons. The fourth-order valence-corrected chi connectivity index (χ4v) is 4.11. The molecule has 0 saturated carbocycles. The van der Waals surface area contributed by atoms with Crippen LogP contribution < -0.4 is 5.32 Å². The average Bonchev–Trinajstić information content (AvgIpc) is 3.03. The van der Waals surface area contributed by atoms with Crippen molar-refractivity contribution in [3.63, 3.8) is 0 Å². The van der Waals surface area contributed by atoms with E-state index in [4.69, 9.17) is 0 Å². The number of amides is 1. The molecule has 0 radical (unpaired) electrons. The van der Waals surface area contributed by atoms with E-state index in [0.717, 1.165) is 24.9 Å². The third kappa shape index (κ3) is 5.27. The lowest BCUT2D eigenvalue weighted by atomic mass is 10.0. The Morgan fingerprint density at radius 1 is 1.21 bits per heavy atom. The molecule has 3 rings (SSSR count). The minimum Gasteiger partial charge on any atom is -0.349 e. The number of hydrogen-bond acceptors (Lipinski definition) is 5. The lowest BCUT2D eigenvalue weighted by Crippen LogP contribution is -2.28. The van der Waals surface area contributed by atoms with Gasteiger partial charge in [0.1, 0.15) is 6.04 Å². The zero-order valence-electron chi connectivity index (χ0n) is 16.1. The van der Waals surface area contributed by atoms with Crippen LogP contribution in [0, 0.1) is 0 Å². The van der Waals surface area contributed by atoms with Crippen LogP contribution in [0.3, 0.4) is 0 Å². The lowest BCUT2D eigenvalue weighted by molar-refractivity contribution is -0.122. The first-order chi connectivity index (χ1) is 13.4. The van der Waals surface area contributed by atoms with Crippen LogP contribution in [-0.4, -0.2) is 33.3 Å². The van der Waals surface area contributed by atoms with Gasteiger partial charge in [0.2, 0.25) is 5.91 Å². The summed E-state index contributed by atoms with van der Waals surface area (Å²) in [6.45, 7) is 0.886. The molecule has 0 aliphatic heterocycles. The number of benzene rings is 2. The Bertz CT molecular complexity index is 964. The summed E-state index contributed by atoms with van der Waals surface area (Å²) in [5.41, 5.74) is 4.39. The fraction of sp³-hybridized carbons (Fsp3) is 0.381. The minimum absolute atomic E-state index is 0.00252. The highest BCUT2D eigenvalue weighted by Gasteiger charge is 2.25. The Hall–Kier alpha value is -2.51. The summed E-state index contributed by atoms with van der Waals surface area (Å²) in [4.78, 5) is 14.7. The van der Waals surface area contributed by atoms with Crippen LogP contribution in [0.2, 0.25) is 0 Å². The van der Waals surface area contributed by atoms with E-state index in [9.17, 15) is 13.2 Å². The molecule has 0 bridgehead atoms. The topological polar surface area (TPSA) is 78.8 Å². The van der Waals surface area contributed by atoms with Gasteiger partial charge in [0, 0.05) is 6.54 Å². The van der Waals surface area contributed by atoms with E-state index in [2.05, 4.69) is 32.8 Å². The summed E-state index contributed by atoms with van der Waals surface area (Å²) in [5.74, 6) is -0.196. The maximum Gasteiger partial charge on any atom is 0.311 e. The minimum atomic E-state index is -2.57. The summed E-state index contributed by atoms with van der Waals surface area (Å²) < 4.78 is 25.9. The molecule has 1 N–H and O–H groups in total. The van der Waals surface area contributed by atoms with Crippen molar-refractivity contribution in [2.24, 2.45) is 4.36 Å². The number of aryl methyl sites for hydroxylation is 1. The highest BCUT2D eigenvalue weighted by molar-refractivity contribution is 7.61. The van der Waals surface area contributed by atoms with E-state index >= 15 is 0 Å². The van der Waals surface area contributed by atoms with Crippen molar-refractivity contribution < 1.29 is 13.2 Å². The molecule has 1 aliphatic rings. The standard InChI is InChI=1S/C21H25N3O3S/c1-24(2)14-15-8-10-18-17(12-15)9-11-19(18)22-21(25)13-20(23-28(26)27)16-6-4-3-5-7-16/h3-8,10,12,19-20H,9,11,13-14H2,1-2H3,(H,22,25). The fourth-order valence-electron chi connectivity index (χ4n) is 3.71. The van der Waals surface area contributed by atoms with Gasteiger partial charge in [-0.05, 0) is 49.2 Å². The second kappa shape index (κ2) is 9.12. The maximum atomic E-state index is 12.6. The van der Waals surface area contributed by atoms with Gasteiger partial charge in [-0.2, -0.15) is 12.8 Å². The average molecular weight is 400 g/mol. The van der Waals surface area contributed by atoms with Gasteiger partial charge in [-0.3, -0.25) is 4.79 Å². The largest absolute Gasteiger partial charge is 0.349 e. The molecular weight excluding hydrogens is 374 g/mol. The van der Waals surface area contributed by atoms with Crippen molar-refractivity contribution in [3.05, 3.63) is 70.8 Å².